The van der Waals surface area contributed by atoms with Crippen LogP contribution < -0.4 is 0 Å². The molecule has 0 spiro atoms. The zero-order chi connectivity index (χ0) is 15.1. The first kappa shape index (κ1) is 15.0. The summed E-state index contributed by atoms with van der Waals surface area (Å²) in [4.78, 5) is 12.0. The Kier molecular flexibility index (Phi) is 5.25. The van der Waals surface area contributed by atoms with Gasteiger partial charge in [0.15, 0.2) is 0 Å². The number of aryl methyl sites for hydroxylation is 1. The van der Waals surface area contributed by atoms with Gasteiger partial charge >= 0.3 is 0 Å². The van der Waals surface area contributed by atoms with Crippen molar-refractivity contribution in [2.45, 2.75) is 25.9 Å². The lowest BCUT2D eigenvalue weighted by molar-refractivity contribution is -0.118. The number of rotatable bonds is 6. The summed E-state index contributed by atoms with van der Waals surface area (Å²) in [7, 11) is 0. The normalized spacial score (nSPS) is 10.1. The van der Waals surface area contributed by atoms with Crippen molar-refractivity contribution < 1.29 is 9.90 Å². The molecule has 1 N–H and O–H groups in total. The minimum Gasteiger partial charge on any atom is -0.392 e. The highest BCUT2D eigenvalue weighted by Gasteiger charge is 2.07. The molecule has 0 aliphatic heterocycles. The fourth-order valence-electron chi connectivity index (χ4n) is 2.21. The number of benzene rings is 2. The van der Waals surface area contributed by atoms with E-state index in [0.717, 1.165) is 16.7 Å². The number of ketones is 1. The van der Waals surface area contributed by atoms with Crippen molar-refractivity contribution in [1.82, 2.24) is 0 Å². The van der Waals surface area contributed by atoms with Crippen LogP contribution in [0.2, 0.25) is 0 Å². The number of hydrogen-bond donors (Lipinski definition) is 1. The molecule has 3 heteroatoms. The molecule has 3 nitrogen and oxygen atoms in total. The molecule has 0 aromatic heterocycles. The molecule has 2 aromatic rings. The van der Waals surface area contributed by atoms with E-state index < -0.39 is 0 Å². The third-order valence-electron chi connectivity index (χ3n) is 3.45. The van der Waals surface area contributed by atoms with Gasteiger partial charge in [-0.1, -0.05) is 36.4 Å². The first-order valence-electron chi connectivity index (χ1n) is 6.91. The van der Waals surface area contributed by atoms with Crippen molar-refractivity contribution in [2.24, 2.45) is 0 Å². The van der Waals surface area contributed by atoms with Gasteiger partial charge in [0.05, 0.1) is 18.2 Å². The van der Waals surface area contributed by atoms with E-state index in [1.165, 1.54) is 0 Å². The first-order valence-corrected chi connectivity index (χ1v) is 6.91. The number of nitrogens with zero attached hydrogens (tertiary/aromatic N) is 1. The molecular formula is C18H17NO2. The molecule has 0 radical (unpaired) electrons. The molecule has 0 fully saturated rings. The number of carbonyl (C=O) groups excluding carboxylic acids is 1. The fraction of sp³-hybridized carbons (Fsp3) is 0.222. The van der Waals surface area contributed by atoms with E-state index in [-0.39, 0.29) is 12.4 Å². The molecule has 0 aliphatic carbocycles. The van der Waals surface area contributed by atoms with Crippen molar-refractivity contribution in [3.05, 3.63) is 70.8 Å². The largest absolute Gasteiger partial charge is 0.392 e. The Labute approximate surface area is 124 Å². The van der Waals surface area contributed by atoms with Crippen molar-refractivity contribution >= 4 is 5.78 Å². The fourth-order valence-corrected chi connectivity index (χ4v) is 2.21. The van der Waals surface area contributed by atoms with Crippen molar-refractivity contribution in [3.8, 4) is 6.07 Å². The van der Waals surface area contributed by atoms with Gasteiger partial charge in [-0.15, -0.1) is 0 Å². The second-order valence-corrected chi connectivity index (χ2v) is 4.95. The van der Waals surface area contributed by atoms with Gasteiger partial charge in [0.2, 0.25) is 0 Å². The average molecular weight is 279 g/mol. The topological polar surface area (TPSA) is 61.1 Å². The summed E-state index contributed by atoms with van der Waals surface area (Å²) in [5.74, 6) is 0.153. The zero-order valence-corrected chi connectivity index (χ0v) is 11.7. The van der Waals surface area contributed by atoms with E-state index in [0.29, 0.717) is 24.8 Å². The molecule has 0 unspecified atom stereocenters. The van der Waals surface area contributed by atoms with Gasteiger partial charge in [0.1, 0.15) is 5.78 Å². The number of carbonyl (C=O) groups is 1. The standard InChI is InChI=1S/C18H17NO2/c19-12-15-7-5-14(6-8-15)9-10-18(21)11-16-3-1-2-4-17(16)13-20/h1-8,20H,9-11,13H2. The maximum atomic E-state index is 12.0. The molecule has 21 heavy (non-hydrogen) atoms. The maximum absolute atomic E-state index is 12.0. The van der Waals surface area contributed by atoms with Crippen LogP contribution in [0.4, 0.5) is 0 Å². The van der Waals surface area contributed by atoms with E-state index in [9.17, 15) is 9.90 Å². The van der Waals surface area contributed by atoms with Gasteiger partial charge in [0.25, 0.3) is 0 Å². The number of hydrogen-bond acceptors (Lipinski definition) is 3. The van der Waals surface area contributed by atoms with Gasteiger partial charge < -0.3 is 5.11 Å². The Balaban J connectivity index is 1.91. The van der Waals surface area contributed by atoms with Gasteiger partial charge in [-0.05, 0) is 35.2 Å². The number of Topliss-reactive ketones (excluding diaryl/α,β-unsaturated/α-hetero) is 1. The predicted molar refractivity (Wildman–Crippen MR) is 80.6 cm³/mol. The summed E-state index contributed by atoms with van der Waals surface area (Å²) < 4.78 is 0. The van der Waals surface area contributed by atoms with Crippen molar-refractivity contribution in [2.75, 3.05) is 0 Å². The van der Waals surface area contributed by atoms with Crippen LogP contribution in [0.25, 0.3) is 0 Å². The molecule has 106 valence electrons. The number of nitriles is 1. The first-order chi connectivity index (χ1) is 10.2. The molecule has 0 atom stereocenters. The van der Waals surface area contributed by atoms with Gasteiger partial charge in [0, 0.05) is 12.8 Å². The van der Waals surface area contributed by atoms with Crippen LogP contribution in [-0.4, -0.2) is 10.9 Å². The highest BCUT2D eigenvalue weighted by atomic mass is 16.3. The molecule has 0 saturated heterocycles. The van der Waals surface area contributed by atoms with Crippen LogP contribution >= 0.6 is 0 Å². The molecule has 0 saturated carbocycles. The lowest BCUT2D eigenvalue weighted by Crippen LogP contribution is -2.06. The second kappa shape index (κ2) is 7.37. The number of aliphatic hydroxyl groups is 1. The lowest BCUT2D eigenvalue weighted by Gasteiger charge is -2.06. The molecule has 0 bridgehead atoms. The van der Waals surface area contributed by atoms with Crippen LogP contribution in [0, 0.1) is 11.3 Å². The zero-order valence-electron chi connectivity index (χ0n) is 11.7. The SMILES string of the molecule is N#Cc1ccc(CCC(=O)Cc2ccccc2CO)cc1. The van der Waals surface area contributed by atoms with Crippen molar-refractivity contribution in [1.29, 1.82) is 5.26 Å². The minimum atomic E-state index is -0.0426. The van der Waals surface area contributed by atoms with Gasteiger partial charge in [-0.25, -0.2) is 0 Å². The molecule has 0 amide bonds. The Hall–Kier alpha value is -2.44. The quantitative estimate of drug-likeness (QED) is 0.884. The predicted octanol–water partition coefficient (Wildman–Crippen LogP) is 2.79. The van der Waals surface area contributed by atoms with E-state index in [2.05, 4.69) is 6.07 Å². The summed E-state index contributed by atoms with van der Waals surface area (Å²) in [5.41, 5.74) is 3.38. The summed E-state index contributed by atoms with van der Waals surface area (Å²) in [6.45, 7) is -0.0426. The van der Waals surface area contributed by atoms with Crippen LogP contribution in [0.15, 0.2) is 48.5 Å². The van der Waals surface area contributed by atoms with Crippen LogP contribution in [0.1, 0.15) is 28.7 Å². The Bertz CT molecular complexity index is 654. The molecular weight excluding hydrogens is 262 g/mol. The maximum Gasteiger partial charge on any atom is 0.137 e. The van der Waals surface area contributed by atoms with Gasteiger partial charge in [-0.3, -0.25) is 4.79 Å². The van der Waals surface area contributed by atoms with Crippen LogP contribution in [0.3, 0.4) is 0 Å². The van der Waals surface area contributed by atoms with Gasteiger partial charge in [-0.2, -0.15) is 5.26 Å². The van der Waals surface area contributed by atoms with E-state index in [4.69, 9.17) is 5.26 Å². The van der Waals surface area contributed by atoms with E-state index in [1.807, 2.05) is 36.4 Å². The minimum absolute atomic E-state index is 0.0426. The Morgan fingerprint density at radius 3 is 2.33 bits per heavy atom. The molecule has 2 aromatic carbocycles. The third kappa shape index (κ3) is 4.27. The highest BCUT2D eigenvalue weighted by molar-refractivity contribution is 5.81. The average Bonchev–Trinajstić information content (AvgIpc) is 2.54. The Morgan fingerprint density at radius 2 is 1.71 bits per heavy atom. The van der Waals surface area contributed by atoms with Crippen molar-refractivity contribution in [3.63, 3.8) is 0 Å². The van der Waals surface area contributed by atoms with Crippen LogP contribution in [0.5, 0.6) is 0 Å². The van der Waals surface area contributed by atoms with E-state index >= 15 is 0 Å². The summed E-state index contributed by atoms with van der Waals surface area (Å²) in [6, 6.07) is 16.8. The molecule has 0 heterocycles. The Morgan fingerprint density at radius 1 is 1.05 bits per heavy atom. The second-order valence-electron chi connectivity index (χ2n) is 4.95. The summed E-state index contributed by atoms with van der Waals surface area (Å²) in [5, 5.41) is 18.0. The summed E-state index contributed by atoms with van der Waals surface area (Å²) >= 11 is 0. The molecule has 0 aliphatic rings. The smallest absolute Gasteiger partial charge is 0.137 e. The number of aliphatic hydroxyl groups excluding tert-OH is 1. The lowest BCUT2D eigenvalue weighted by atomic mass is 9.99. The third-order valence-corrected chi connectivity index (χ3v) is 3.45. The van der Waals surface area contributed by atoms with E-state index in [1.54, 1.807) is 12.1 Å². The molecule has 2 rings (SSSR count). The summed E-state index contributed by atoms with van der Waals surface area (Å²) in [6.07, 6.45) is 1.49. The van der Waals surface area contributed by atoms with Crippen LogP contribution in [-0.2, 0) is 24.2 Å². The monoisotopic (exact) mass is 279 g/mol. The highest BCUT2D eigenvalue weighted by Crippen LogP contribution is 2.12.